The second kappa shape index (κ2) is 21.4. The van der Waals surface area contributed by atoms with E-state index in [-0.39, 0.29) is 21.7 Å². The zero-order chi connectivity index (χ0) is 67.0. The van der Waals surface area contributed by atoms with E-state index in [4.69, 9.17) is 15.0 Å². The molecule has 0 saturated carbocycles. The summed E-state index contributed by atoms with van der Waals surface area (Å²) in [6, 6.07) is 106. The molecule has 0 unspecified atom stereocenters. The van der Waals surface area contributed by atoms with Crippen molar-refractivity contribution in [1.29, 1.82) is 0 Å². The molecule has 4 aliphatic rings. The molecule has 1 aliphatic heterocycles. The van der Waals surface area contributed by atoms with Gasteiger partial charge in [0.15, 0.2) is 13.9 Å². The SMILES string of the molecule is CC1(C)CCC(C)(C)c2cc([Si](c3ccc(-c4nc(-n5c6ccccc6c6ccccc65)nc(-n5c6ccccc6c6ccccc65)n4)cc3)(c3ccc4c(c3)N(c3ccccc3)c3ccccc3C43c4ccccc4-c4ccccc43)c3ccc4c(c3)C(C)(C)CCC4(C)C)ccc21. The van der Waals surface area contributed by atoms with Gasteiger partial charge in [0.25, 0.3) is 0 Å². The minimum Gasteiger partial charge on any atom is -0.310 e. The van der Waals surface area contributed by atoms with Gasteiger partial charge in [-0.25, -0.2) is 0 Å². The normalized spacial score (nSPS) is 16.5. The van der Waals surface area contributed by atoms with Crippen molar-refractivity contribution in [2.75, 3.05) is 4.90 Å². The molecular formula is C92H78N6Si. The number of para-hydroxylation sites is 6. The number of aromatic nitrogens is 5. The smallest absolute Gasteiger partial charge is 0.240 e. The number of anilines is 3. The maximum atomic E-state index is 5.64. The summed E-state index contributed by atoms with van der Waals surface area (Å²) < 4.78 is 4.47. The molecule has 0 atom stereocenters. The van der Waals surface area contributed by atoms with E-state index < -0.39 is 13.5 Å². The molecule has 0 saturated heterocycles. The van der Waals surface area contributed by atoms with Gasteiger partial charge in [-0.05, 0) is 172 Å². The lowest BCUT2D eigenvalue weighted by molar-refractivity contribution is 0.332. The van der Waals surface area contributed by atoms with Crippen LogP contribution in [-0.2, 0) is 27.1 Å². The number of hydrogen-bond acceptors (Lipinski definition) is 4. The first-order valence-electron chi connectivity index (χ1n) is 35.5. The van der Waals surface area contributed by atoms with Crippen molar-refractivity contribution in [3.05, 3.63) is 324 Å². The Morgan fingerprint density at radius 2 is 0.657 bits per heavy atom. The van der Waals surface area contributed by atoms with Crippen LogP contribution in [-0.4, -0.2) is 32.2 Å². The van der Waals surface area contributed by atoms with Gasteiger partial charge >= 0.3 is 0 Å². The quantitative estimate of drug-likeness (QED) is 0.112. The average Bonchev–Trinajstić information content (AvgIpc) is 1.51. The maximum absolute atomic E-state index is 5.64. The lowest BCUT2D eigenvalue weighted by atomic mass is 9.63. The Balaban J connectivity index is 0.920. The molecular weight excluding hydrogens is 1220 g/mol. The molecule has 0 N–H and O–H groups in total. The molecule has 3 aromatic heterocycles. The molecule has 1 spiro atoms. The lowest BCUT2D eigenvalue weighted by Gasteiger charge is -2.47. The van der Waals surface area contributed by atoms with E-state index in [1.54, 1.807) is 0 Å². The molecule has 19 rings (SSSR count). The fourth-order valence-electron chi connectivity index (χ4n) is 18.7. The molecule has 0 fully saturated rings. The van der Waals surface area contributed by atoms with Gasteiger partial charge in [0, 0.05) is 32.8 Å². The van der Waals surface area contributed by atoms with E-state index >= 15 is 0 Å². The standard InChI is InChI=1S/C92H78N6Si/c1-88(2)52-54-90(5,6)77-56-62(46-49-73(77)88)99(63-47-50-74-78(57-63)91(7,8)55-53-89(74,3)4,64-48-51-76-84(58-64)96(60-26-10-9-11-27-60)83-41-25-20-36-75(83)92(76)71-34-18-12-28-65(71)66-29-13-19-35-72(66)92)61-44-42-59(43-45-61)85-93-86(97-79-37-21-14-30-67(79)68-31-15-22-38-80(68)97)95-87(94-85)98-81-39-23-16-32-69(81)70-33-17-24-40-82(70)98/h9-51,56-58H,52-55H2,1-8H3. The van der Waals surface area contributed by atoms with Crippen molar-refractivity contribution in [3.8, 4) is 34.4 Å². The van der Waals surface area contributed by atoms with E-state index in [2.05, 4.69) is 348 Å². The lowest BCUT2D eigenvalue weighted by Crippen LogP contribution is -2.75. The van der Waals surface area contributed by atoms with Gasteiger partial charge < -0.3 is 4.90 Å². The predicted octanol–water partition coefficient (Wildman–Crippen LogP) is 20.0. The van der Waals surface area contributed by atoms with E-state index in [9.17, 15) is 0 Å². The van der Waals surface area contributed by atoms with Crippen molar-refractivity contribution in [1.82, 2.24) is 24.1 Å². The summed E-state index contributed by atoms with van der Waals surface area (Å²) in [4.78, 5) is 19.4. The topological polar surface area (TPSA) is 51.8 Å². The highest BCUT2D eigenvalue weighted by Gasteiger charge is 2.54. The van der Waals surface area contributed by atoms with E-state index in [0.29, 0.717) is 17.7 Å². The number of rotatable bonds is 8. The van der Waals surface area contributed by atoms with Crippen LogP contribution in [0.4, 0.5) is 17.1 Å². The Hall–Kier alpha value is -10.7. The highest BCUT2D eigenvalue weighted by atomic mass is 28.3. The molecule has 4 heterocycles. The first-order chi connectivity index (χ1) is 48.1. The third-order valence-electron chi connectivity index (χ3n) is 23.9. The Bertz CT molecular complexity index is 5480. The van der Waals surface area contributed by atoms with Crippen molar-refractivity contribution in [2.24, 2.45) is 0 Å². The third-order valence-corrected chi connectivity index (χ3v) is 28.6. The van der Waals surface area contributed by atoms with Gasteiger partial charge in [0.05, 0.1) is 38.9 Å². The fourth-order valence-corrected chi connectivity index (χ4v) is 23.4. The van der Waals surface area contributed by atoms with Gasteiger partial charge in [0.1, 0.15) is 0 Å². The van der Waals surface area contributed by atoms with Crippen molar-refractivity contribution in [3.63, 3.8) is 0 Å². The molecule has 0 radical (unpaired) electrons. The number of nitrogens with zero attached hydrogens (tertiary/aromatic N) is 6. The Kier molecular flexibility index (Phi) is 12.9. The van der Waals surface area contributed by atoms with Crippen LogP contribution in [0.2, 0.25) is 0 Å². The third kappa shape index (κ3) is 8.50. The predicted molar refractivity (Wildman–Crippen MR) is 414 cm³/mol. The summed E-state index contributed by atoms with van der Waals surface area (Å²) in [5.74, 6) is 1.72. The molecule has 0 amide bonds. The largest absolute Gasteiger partial charge is 0.310 e. The van der Waals surface area contributed by atoms with Crippen molar-refractivity contribution < 1.29 is 0 Å². The second-order valence-electron chi connectivity index (χ2n) is 31.1. The average molecular weight is 1300 g/mol. The van der Waals surface area contributed by atoms with Crippen LogP contribution in [0, 0.1) is 0 Å². The zero-order valence-electron chi connectivity index (χ0n) is 57.6. The Morgan fingerprint density at radius 1 is 0.293 bits per heavy atom. The van der Waals surface area contributed by atoms with Crippen molar-refractivity contribution >= 4 is 89.5 Å². The van der Waals surface area contributed by atoms with Gasteiger partial charge in [-0.2, -0.15) is 15.0 Å². The van der Waals surface area contributed by atoms with Crippen LogP contribution < -0.4 is 25.6 Å². The van der Waals surface area contributed by atoms with Gasteiger partial charge in [-0.3, -0.25) is 9.13 Å². The highest BCUT2D eigenvalue weighted by Crippen LogP contribution is 2.63. The summed E-state index contributed by atoms with van der Waals surface area (Å²) in [5.41, 5.74) is 21.5. The van der Waals surface area contributed by atoms with E-state index in [1.807, 2.05) is 0 Å². The Morgan fingerprint density at radius 3 is 1.13 bits per heavy atom. The monoisotopic (exact) mass is 1290 g/mol. The highest BCUT2D eigenvalue weighted by molar-refractivity contribution is 7.20. The number of fused-ring (bicyclic) bond motifs is 17. The summed E-state index contributed by atoms with van der Waals surface area (Å²) in [6.45, 7) is 19.8. The van der Waals surface area contributed by atoms with Crippen LogP contribution in [0.3, 0.4) is 0 Å². The van der Waals surface area contributed by atoms with Gasteiger partial charge in [-0.1, -0.05) is 286 Å². The number of hydrogen-bond donors (Lipinski definition) is 0. The molecule has 480 valence electrons. The molecule has 99 heavy (non-hydrogen) atoms. The van der Waals surface area contributed by atoms with E-state index in [1.165, 1.54) is 87.8 Å². The minimum atomic E-state index is -3.56. The van der Waals surface area contributed by atoms with Gasteiger partial charge in [0.2, 0.25) is 11.9 Å². The summed E-state index contributed by atoms with van der Waals surface area (Å²) >= 11 is 0. The van der Waals surface area contributed by atoms with Crippen LogP contribution >= 0.6 is 0 Å². The summed E-state index contributed by atoms with van der Waals surface area (Å²) in [7, 11) is -3.56. The molecule has 12 aromatic carbocycles. The van der Waals surface area contributed by atoms with Crippen LogP contribution in [0.25, 0.3) is 78.0 Å². The fraction of sp³-hybridized carbons (Fsp3) is 0.185. The maximum Gasteiger partial charge on any atom is 0.240 e. The molecule has 3 aliphatic carbocycles. The van der Waals surface area contributed by atoms with E-state index in [0.717, 1.165) is 80.5 Å². The van der Waals surface area contributed by atoms with Crippen LogP contribution in [0.15, 0.2) is 279 Å². The first-order valence-corrected chi connectivity index (χ1v) is 37.5. The summed E-state index contributed by atoms with van der Waals surface area (Å²) in [6.07, 6.45) is 4.48. The van der Waals surface area contributed by atoms with Gasteiger partial charge in [-0.15, -0.1) is 0 Å². The molecule has 0 bridgehead atoms. The molecule has 7 heteroatoms. The summed E-state index contributed by atoms with van der Waals surface area (Å²) in [5, 5.41) is 9.96. The Labute approximate surface area is 581 Å². The van der Waals surface area contributed by atoms with Crippen LogP contribution in [0.1, 0.15) is 126 Å². The first kappa shape index (κ1) is 59.5. The molecule has 6 nitrogen and oxygen atoms in total. The number of benzene rings is 12. The van der Waals surface area contributed by atoms with Crippen LogP contribution in [0.5, 0.6) is 0 Å². The zero-order valence-corrected chi connectivity index (χ0v) is 58.6. The second-order valence-corrected chi connectivity index (χ2v) is 35.0. The van der Waals surface area contributed by atoms with Crippen molar-refractivity contribution in [2.45, 2.75) is 108 Å². The molecule has 15 aromatic rings. The minimum absolute atomic E-state index is 0.00888.